The Kier molecular flexibility index (Phi) is 5.52. The van der Waals surface area contributed by atoms with Gasteiger partial charge in [0, 0.05) is 35.4 Å². The van der Waals surface area contributed by atoms with Gasteiger partial charge in [-0.1, -0.05) is 25.5 Å². The highest BCUT2D eigenvalue weighted by atomic mass is 16.5. The van der Waals surface area contributed by atoms with E-state index in [2.05, 4.69) is 22.2 Å². The first kappa shape index (κ1) is 18.7. The number of anilines is 1. The van der Waals surface area contributed by atoms with Crippen LogP contribution in [0.15, 0.2) is 73.2 Å². The molecule has 0 saturated carbocycles. The molecule has 0 fully saturated rings. The van der Waals surface area contributed by atoms with Gasteiger partial charge in [-0.2, -0.15) is 0 Å². The molecule has 1 amide bonds. The number of benzene rings is 2. The van der Waals surface area contributed by atoms with Crippen LogP contribution in [-0.2, 0) is 0 Å². The fraction of sp³-hybridized carbons (Fsp3) is 0.174. The molecule has 0 atom stereocenters. The Morgan fingerprint density at radius 1 is 1.10 bits per heavy atom. The van der Waals surface area contributed by atoms with Gasteiger partial charge in [0.05, 0.1) is 12.3 Å². The lowest BCUT2D eigenvalue weighted by atomic mass is 10.1. The third-order valence-electron chi connectivity index (χ3n) is 4.56. The van der Waals surface area contributed by atoms with Crippen molar-refractivity contribution in [1.29, 1.82) is 0 Å². The van der Waals surface area contributed by atoms with Gasteiger partial charge in [-0.25, -0.2) is 9.97 Å². The number of imidazole rings is 1. The van der Waals surface area contributed by atoms with Crippen LogP contribution in [0.3, 0.4) is 0 Å². The minimum Gasteiger partial charge on any atom is -0.494 e. The molecule has 6 heteroatoms. The summed E-state index contributed by atoms with van der Waals surface area (Å²) in [5, 5.41) is 2.92. The second kappa shape index (κ2) is 8.56. The minimum absolute atomic E-state index is 0.158. The SMILES string of the molecule is CCCCOc1ccc(C(=O)Nc2ccc(-c3cn4cccnc4n3)cc2)cc1. The molecule has 0 unspecified atom stereocenters. The number of nitrogens with one attached hydrogen (secondary N) is 1. The number of hydrogen-bond donors (Lipinski definition) is 1. The summed E-state index contributed by atoms with van der Waals surface area (Å²) in [5.74, 6) is 1.28. The normalized spacial score (nSPS) is 10.8. The average Bonchev–Trinajstić information content (AvgIpc) is 3.19. The van der Waals surface area contributed by atoms with Crippen LogP contribution < -0.4 is 10.1 Å². The molecule has 0 aliphatic rings. The van der Waals surface area contributed by atoms with Gasteiger partial charge in [0.2, 0.25) is 5.78 Å². The molecule has 4 aromatic rings. The molecular weight excluding hydrogens is 364 g/mol. The molecule has 0 bridgehead atoms. The predicted molar refractivity (Wildman–Crippen MR) is 113 cm³/mol. The van der Waals surface area contributed by atoms with E-state index in [9.17, 15) is 4.79 Å². The number of nitrogens with zero attached hydrogens (tertiary/aromatic N) is 3. The van der Waals surface area contributed by atoms with Crippen LogP contribution in [0.2, 0.25) is 0 Å². The van der Waals surface area contributed by atoms with Crippen molar-refractivity contribution in [3.63, 3.8) is 0 Å². The minimum atomic E-state index is -0.158. The summed E-state index contributed by atoms with van der Waals surface area (Å²) >= 11 is 0. The molecule has 0 saturated heterocycles. The highest BCUT2D eigenvalue weighted by Gasteiger charge is 2.08. The first-order valence-corrected chi connectivity index (χ1v) is 9.67. The molecular formula is C23H22N4O2. The Bertz CT molecular complexity index is 1070. The largest absolute Gasteiger partial charge is 0.494 e. The summed E-state index contributed by atoms with van der Waals surface area (Å²) in [5.41, 5.74) is 3.11. The molecule has 146 valence electrons. The van der Waals surface area contributed by atoms with Crippen LogP contribution in [0, 0.1) is 0 Å². The van der Waals surface area contributed by atoms with E-state index in [1.165, 1.54) is 0 Å². The molecule has 0 aliphatic carbocycles. The zero-order valence-corrected chi connectivity index (χ0v) is 16.2. The molecule has 29 heavy (non-hydrogen) atoms. The number of hydrogen-bond acceptors (Lipinski definition) is 4. The maximum absolute atomic E-state index is 12.5. The Hall–Kier alpha value is -3.67. The van der Waals surface area contributed by atoms with Crippen molar-refractivity contribution in [2.45, 2.75) is 19.8 Å². The molecule has 2 aromatic heterocycles. The quantitative estimate of drug-likeness (QED) is 0.462. The smallest absolute Gasteiger partial charge is 0.255 e. The number of carbonyl (C=O) groups is 1. The number of rotatable bonds is 7. The molecule has 2 heterocycles. The fourth-order valence-corrected chi connectivity index (χ4v) is 2.93. The third kappa shape index (κ3) is 4.43. The number of aromatic nitrogens is 3. The molecule has 0 spiro atoms. The maximum Gasteiger partial charge on any atom is 0.255 e. The van der Waals surface area contributed by atoms with Crippen LogP contribution >= 0.6 is 0 Å². The van der Waals surface area contributed by atoms with Gasteiger partial charge in [-0.05, 0) is 48.9 Å². The van der Waals surface area contributed by atoms with E-state index in [1.54, 1.807) is 18.3 Å². The van der Waals surface area contributed by atoms with Crippen LogP contribution in [0.25, 0.3) is 17.0 Å². The van der Waals surface area contributed by atoms with E-state index in [0.717, 1.165) is 35.5 Å². The van der Waals surface area contributed by atoms with Crippen molar-refractivity contribution < 1.29 is 9.53 Å². The second-order valence-corrected chi connectivity index (χ2v) is 6.71. The monoisotopic (exact) mass is 386 g/mol. The number of unbranched alkanes of at least 4 members (excludes halogenated alkanes) is 1. The van der Waals surface area contributed by atoms with Gasteiger partial charge >= 0.3 is 0 Å². The van der Waals surface area contributed by atoms with E-state index < -0.39 is 0 Å². The Morgan fingerprint density at radius 2 is 1.90 bits per heavy atom. The summed E-state index contributed by atoms with van der Waals surface area (Å²) in [6.07, 6.45) is 7.67. The van der Waals surface area contributed by atoms with Crippen LogP contribution in [-0.4, -0.2) is 26.9 Å². The molecule has 1 N–H and O–H groups in total. The third-order valence-corrected chi connectivity index (χ3v) is 4.56. The fourth-order valence-electron chi connectivity index (χ4n) is 2.93. The molecule has 0 aliphatic heterocycles. The van der Waals surface area contributed by atoms with Gasteiger partial charge in [-0.3, -0.25) is 9.20 Å². The highest BCUT2D eigenvalue weighted by molar-refractivity contribution is 6.04. The summed E-state index contributed by atoms with van der Waals surface area (Å²) in [6.45, 7) is 2.81. The van der Waals surface area contributed by atoms with E-state index in [1.807, 2.05) is 59.3 Å². The van der Waals surface area contributed by atoms with Gasteiger partial charge in [0.15, 0.2) is 0 Å². The van der Waals surface area contributed by atoms with Crippen molar-refractivity contribution in [3.8, 4) is 17.0 Å². The zero-order valence-electron chi connectivity index (χ0n) is 16.2. The first-order valence-electron chi connectivity index (χ1n) is 9.67. The molecule has 2 aromatic carbocycles. The van der Waals surface area contributed by atoms with Gasteiger partial charge < -0.3 is 10.1 Å². The highest BCUT2D eigenvalue weighted by Crippen LogP contribution is 2.21. The lowest BCUT2D eigenvalue weighted by Crippen LogP contribution is -2.11. The molecule has 6 nitrogen and oxygen atoms in total. The standard InChI is InChI=1S/C23H22N4O2/c1-2-3-15-29-20-11-7-18(8-12-20)22(28)25-19-9-5-17(6-10-19)21-16-27-14-4-13-24-23(27)26-21/h4-14,16H,2-3,15H2,1H3,(H,25,28). The lowest BCUT2D eigenvalue weighted by Gasteiger charge is -2.08. The Balaban J connectivity index is 1.41. The summed E-state index contributed by atoms with van der Waals surface area (Å²) in [4.78, 5) is 21.2. The van der Waals surface area contributed by atoms with Crippen molar-refractivity contribution in [2.75, 3.05) is 11.9 Å². The maximum atomic E-state index is 12.5. The van der Waals surface area contributed by atoms with E-state index >= 15 is 0 Å². The van der Waals surface area contributed by atoms with Gasteiger partial charge in [-0.15, -0.1) is 0 Å². The number of amides is 1. The van der Waals surface area contributed by atoms with Crippen molar-refractivity contribution in [3.05, 3.63) is 78.8 Å². The Labute approximate surface area is 169 Å². The van der Waals surface area contributed by atoms with Crippen molar-refractivity contribution >= 4 is 17.4 Å². The zero-order chi connectivity index (χ0) is 20.1. The number of ether oxygens (including phenoxy) is 1. The van der Waals surface area contributed by atoms with Gasteiger partial charge in [0.1, 0.15) is 5.75 Å². The van der Waals surface area contributed by atoms with Crippen LogP contribution in [0.1, 0.15) is 30.1 Å². The number of fused-ring (bicyclic) bond motifs is 1. The Morgan fingerprint density at radius 3 is 2.62 bits per heavy atom. The summed E-state index contributed by atoms with van der Waals surface area (Å²) in [6, 6.07) is 16.7. The van der Waals surface area contributed by atoms with E-state index in [4.69, 9.17) is 4.74 Å². The topological polar surface area (TPSA) is 68.5 Å². The van der Waals surface area contributed by atoms with E-state index in [-0.39, 0.29) is 5.91 Å². The summed E-state index contributed by atoms with van der Waals surface area (Å²) < 4.78 is 7.51. The molecule has 0 radical (unpaired) electrons. The van der Waals surface area contributed by atoms with Gasteiger partial charge in [0.25, 0.3) is 5.91 Å². The predicted octanol–water partition coefficient (Wildman–Crippen LogP) is 4.83. The lowest BCUT2D eigenvalue weighted by molar-refractivity contribution is 0.102. The average molecular weight is 386 g/mol. The van der Waals surface area contributed by atoms with Crippen LogP contribution in [0.5, 0.6) is 5.75 Å². The summed E-state index contributed by atoms with van der Waals surface area (Å²) in [7, 11) is 0. The second-order valence-electron chi connectivity index (χ2n) is 6.71. The van der Waals surface area contributed by atoms with E-state index in [0.29, 0.717) is 17.9 Å². The van der Waals surface area contributed by atoms with Crippen molar-refractivity contribution in [2.24, 2.45) is 0 Å². The van der Waals surface area contributed by atoms with Crippen molar-refractivity contribution in [1.82, 2.24) is 14.4 Å². The first-order chi connectivity index (χ1) is 14.2. The van der Waals surface area contributed by atoms with Crippen LogP contribution in [0.4, 0.5) is 5.69 Å². The molecule has 4 rings (SSSR count). The number of carbonyl (C=O) groups excluding carboxylic acids is 1.